The Bertz CT molecular complexity index is 465. The van der Waals surface area contributed by atoms with Crippen LogP contribution in [0.5, 0.6) is 0 Å². The number of amides is 1. The summed E-state index contributed by atoms with van der Waals surface area (Å²) in [5.74, 6) is -0.993. The van der Waals surface area contributed by atoms with Gasteiger partial charge in [-0.05, 0) is 45.3 Å². The van der Waals surface area contributed by atoms with Crippen LogP contribution < -0.4 is 5.32 Å². The molecule has 1 heterocycles. The third kappa shape index (κ3) is 5.69. The maximum Gasteiger partial charge on any atom is 0.408 e. The van der Waals surface area contributed by atoms with Crippen LogP contribution in [0.25, 0.3) is 0 Å². The highest BCUT2D eigenvalue weighted by molar-refractivity contribution is 7.05. The summed E-state index contributed by atoms with van der Waals surface area (Å²) < 4.78 is 9.20. The topological polar surface area (TPSA) is 88.5 Å². The predicted molar refractivity (Wildman–Crippen MR) is 71.2 cm³/mol. The first-order valence-corrected chi connectivity index (χ1v) is 6.59. The maximum atomic E-state index is 11.7. The average molecular weight is 286 g/mol. The predicted octanol–water partition coefficient (Wildman–Crippen LogP) is 2.49. The molecule has 0 radical (unpaired) electrons. The molecule has 1 rings (SSSR count). The lowest BCUT2D eigenvalue weighted by Crippen LogP contribution is -2.35. The Balaban J connectivity index is 2.76. The molecule has 0 aliphatic carbocycles. The van der Waals surface area contributed by atoms with Crippen molar-refractivity contribution in [2.24, 2.45) is 0 Å². The summed E-state index contributed by atoms with van der Waals surface area (Å²) in [5, 5.41) is 11.5. The quantitative estimate of drug-likeness (QED) is 0.887. The van der Waals surface area contributed by atoms with Gasteiger partial charge in [0.2, 0.25) is 0 Å². The van der Waals surface area contributed by atoms with E-state index in [0.717, 1.165) is 5.69 Å². The maximum absolute atomic E-state index is 11.7. The van der Waals surface area contributed by atoms with Crippen molar-refractivity contribution in [1.29, 1.82) is 0 Å². The minimum atomic E-state index is -0.993. The van der Waals surface area contributed by atoms with E-state index in [4.69, 9.17) is 9.84 Å². The SMILES string of the molecule is Cc1cc([C@H](CC(=O)O)NC(=O)OC(C)(C)C)sn1. The van der Waals surface area contributed by atoms with Crippen molar-refractivity contribution in [1.82, 2.24) is 9.69 Å². The number of carboxylic acids is 1. The normalized spacial score (nSPS) is 12.8. The molecule has 0 aliphatic heterocycles. The van der Waals surface area contributed by atoms with E-state index in [2.05, 4.69) is 9.69 Å². The Kier molecular flexibility index (Phi) is 4.88. The van der Waals surface area contributed by atoms with Gasteiger partial charge in [0.15, 0.2) is 0 Å². The average Bonchev–Trinajstić information content (AvgIpc) is 2.60. The van der Waals surface area contributed by atoms with Crippen LogP contribution in [0.1, 0.15) is 43.8 Å². The zero-order chi connectivity index (χ0) is 14.6. The third-order valence-corrected chi connectivity index (χ3v) is 3.05. The standard InChI is InChI=1S/C12H18N2O4S/c1-7-5-9(19-14-7)8(6-10(15)16)13-11(17)18-12(2,3)4/h5,8H,6H2,1-4H3,(H,13,17)(H,15,16)/t8-/m0/s1. The van der Waals surface area contributed by atoms with Crippen LogP contribution in [0.3, 0.4) is 0 Å². The lowest BCUT2D eigenvalue weighted by Gasteiger charge is -2.22. The van der Waals surface area contributed by atoms with E-state index in [1.165, 1.54) is 11.5 Å². The molecule has 0 saturated heterocycles. The molecule has 0 bridgehead atoms. The summed E-state index contributed by atoms with van der Waals surface area (Å²) in [5.41, 5.74) is 0.169. The highest BCUT2D eigenvalue weighted by Crippen LogP contribution is 2.22. The zero-order valence-electron chi connectivity index (χ0n) is 11.4. The number of carbonyl (C=O) groups excluding carboxylic acids is 1. The smallest absolute Gasteiger partial charge is 0.408 e. The van der Waals surface area contributed by atoms with Crippen LogP contribution >= 0.6 is 11.5 Å². The van der Waals surface area contributed by atoms with Gasteiger partial charge in [0.1, 0.15) is 5.60 Å². The number of alkyl carbamates (subject to hydrolysis) is 1. The summed E-state index contributed by atoms with van der Waals surface area (Å²) in [6.45, 7) is 7.05. The van der Waals surface area contributed by atoms with Crippen molar-refractivity contribution in [2.45, 2.75) is 45.8 Å². The molecule has 2 N–H and O–H groups in total. The van der Waals surface area contributed by atoms with E-state index in [1.807, 2.05) is 6.92 Å². The second kappa shape index (κ2) is 6.01. The van der Waals surface area contributed by atoms with Crippen molar-refractivity contribution < 1.29 is 19.4 Å². The Labute approximate surface area is 115 Å². The number of aliphatic carboxylic acids is 1. The van der Waals surface area contributed by atoms with Gasteiger partial charge in [0.25, 0.3) is 0 Å². The molecule has 0 unspecified atom stereocenters. The van der Waals surface area contributed by atoms with Gasteiger partial charge < -0.3 is 15.2 Å². The minimum Gasteiger partial charge on any atom is -0.481 e. The molecule has 19 heavy (non-hydrogen) atoms. The number of aryl methyl sites for hydroxylation is 1. The second-order valence-corrected chi connectivity index (χ2v) is 6.00. The fraction of sp³-hybridized carbons (Fsp3) is 0.583. The van der Waals surface area contributed by atoms with Crippen molar-refractivity contribution in [3.8, 4) is 0 Å². The number of aromatic nitrogens is 1. The number of carboxylic acid groups (broad SMARTS) is 1. The Morgan fingerprint density at radius 3 is 2.58 bits per heavy atom. The molecule has 0 fully saturated rings. The molecule has 1 amide bonds. The van der Waals surface area contributed by atoms with Gasteiger partial charge in [0, 0.05) is 4.88 Å². The Morgan fingerprint density at radius 1 is 1.53 bits per heavy atom. The fourth-order valence-corrected chi connectivity index (χ4v) is 2.19. The number of hydrogen-bond acceptors (Lipinski definition) is 5. The van der Waals surface area contributed by atoms with Crippen molar-refractivity contribution in [2.75, 3.05) is 0 Å². The summed E-state index contributed by atoms with van der Waals surface area (Å²) in [6, 6.07) is 1.13. The van der Waals surface area contributed by atoms with E-state index < -0.39 is 23.7 Å². The van der Waals surface area contributed by atoms with Crippen LogP contribution in [0, 0.1) is 6.92 Å². The van der Waals surface area contributed by atoms with E-state index in [1.54, 1.807) is 26.8 Å². The van der Waals surface area contributed by atoms with Crippen LogP contribution in [-0.2, 0) is 9.53 Å². The first kappa shape index (κ1) is 15.4. The summed E-state index contributed by atoms with van der Waals surface area (Å²) >= 11 is 1.18. The van der Waals surface area contributed by atoms with Gasteiger partial charge in [0.05, 0.1) is 18.2 Å². The highest BCUT2D eigenvalue weighted by Gasteiger charge is 2.23. The van der Waals surface area contributed by atoms with Crippen molar-refractivity contribution >= 4 is 23.6 Å². The molecular weight excluding hydrogens is 268 g/mol. The number of nitrogens with one attached hydrogen (secondary N) is 1. The molecule has 1 aromatic heterocycles. The first-order valence-electron chi connectivity index (χ1n) is 5.82. The molecular formula is C12H18N2O4S. The lowest BCUT2D eigenvalue weighted by molar-refractivity contribution is -0.137. The van der Waals surface area contributed by atoms with Crippen LogP contribution in [-0.4, -0.2) is 27.1 Å². The van der Waals surface area contributed by atoms with Gasteiger partial charge in [-0.2, -0.15) is 4.37 Å². The monoisotopic (exact) mass is 286 g/mol. The zero-order valence-corrected chi connectivity index (χ0v) is 12.2. The van der Waals surface area contributed by atoms with Gasteiger partial charge in [-0.1, -0.05) is 0 Å². The fourth-order valence-electron chi connectivity index (χ4n) is 1.39. The summed E-state index contributed by atoms with van der Waals surface area (Å²) in [6.07, 6.45) is -0.842. The molecule has 1 atom stereocenters. The number of carbonyl (C=O) groups is 2. The molecule has 0 spiro atoms. The largest absolute Gasteiger partial charge is 0.481 e. The molecule has 0 aromatic carbocycles. The number of ether oxygens (including phenoxy) is 1. The van der Waals surface area contributed by atoms with Gasteiger partial charge in [-0.25, -0.2) is 4.79 Å². The highest BCUT2D eigenvalue weighted by atomic mass is 32.1. The summed E-state index contributed by atoms with van der Waals surface area (Å²) in [4.78, 5) is 23.2. The third-order valence-electron chi connectivity index (χ3n) is 2.06. The first-order chi connectivity index (χ1) is 8.67. The lowest BCUT2D eigenvalue weighted by atomic mass is 10.1. The number of hydrogen-bond donors (Lipinski definition) is 2. The number of rotatable bonds is 4. The molecule has 6 nitrogen and oxygen atoms in total. The van der Waals surface area contributed by atoms with E-state index >= 15 is 0 Å². The molecule has 0 aliphatic rings. The van der Waals surface area contributed by atoms with E-state index in [9.17, 15) is 9.59 Å². The van der Waals surface area contributed by atoms with Crippen molar-refractivity contribution in [3.63, 3.8) is 0 Å². The number of nitrogens with zero attached hydrogens (tertiary/aromatic N) is 1. The Hall–Kier alpha value is -1.63. The van der Waals surface area contributed by atoms with Crippen molar-refractivity contribution in [3.05, 3.63) is 16.6 Å². The van der Waals surface area contributed by atoms with E-state index in [-0.39, 0.29) is 6.42 Å². The van der Waals surface area contributed by atoms with Crippen LogP contribution in [0.15, 0.2) is 6.07 Å². The van der Waals surface area contributed by atoms with Gasteiger partial charge >= 0.3 is 12.1 Å². The van der Waals surface area contributed by atoms with Crippen LogP contribution in [0.2, 0.25) is 0 Å². The molecule has 106 valence electrons. The van der Waals surface area contributed by atoms with Crippen LogP contribution in [0.4, 0.5) is 4.79 Å². The van der Waals surface area contributed by atoms with Gasteiger partial charge in [-0.15, -0.1) is 0 Å². The minimum absolute atomic E-state index is 0.207. The Morgan fingerprint density at radius 2 is 2.16 bits per heavy atom. The van der Waals surface area contributed by atoms with E-state index in [0.29, 0.717) is 4.88 Å². The van der Waals surface area contributed by atoms with Gasteiger partial charge in [-0.3, -0.25) is 4.79 Å². The second-order valence-electron chi connectivity index (χ2n) is 5.17. The summed E-state index contributed by atoms with van der Waals surface area (Å²) in [7, 11) is 0. The molecule has 0 saturated carbocycles. The molecule has 1 aromatic rings. The molecule has 7 heteroatoms.